The third-order valence-electron chi connectivity index (χ3n) is 7.67. The first-order valence-electron chi connectivity index (χ1n) is 15.1. The number of hydrogen-bond donors (Lipinski definition) is 1. The SMILES string of the molecule is CC(C)(C)c1cc(Sc2ccccn2)[c-]c(-c2cc(-c3cc(C(C)(C)C)cc(C(C)(C)C)c3)nc(-c3ccccc3O)n2)c1.[Pt]. The molecular weight excluding hydrogens is 754 g/mol. The van der Waals surface area contributed by atoms with Crippen LogP contribution in [0, 0.1) is 6.07 Å². The summed E-state index contributed by atoms with van der Waals surface area (Å²) in [5, 5.41) is 11.8. The largest absolute Gasteiger partial charge is 0.507 e. The second-order valence-corrected chi connectivity index (χ2v) is 15.5. The monoisotopic (exact) mass is 795 g/mol. The molecule has 3 aromatic carbocycles. The van der Waals surface area contributed by atoms with Gasteiger partial charge >= 0.3 is 0 Å². The van der Waals surface area contributed by atoms with Crippen molar-refractivity contribution in [1.82, 2.24) is 15.0 Å². The first-order valence-corrected chi connectivity index (χ1v) is 15.9. The summed E-state index contributed by atoms with van der Waals surface area (Å²) in [6.45, 7) is 20.1. The number of nitrogens with zero attached hydrogens (tertiary/aromatic N) is 3. The Labute approximate surface area is 287 Å². The van der Waals surface area contributed by atoms with Crippen LogP contribution in [-0.2, 0) is 37.3 Å². The number of pyridine rings is 1. The normalized spacial score (nSPS) is 12.1. The van der Waals surface area contributed by atoms with Crippen LogP contribution in [0.1, 0.15) is 79.0 Å². The molecule has 0 bridgehead atoms. The van der Waals surface area contributed by atoms with Gasteiger partial charge in [0.2, 0.25) is 0 Å². The van der Waals surface area contributed by atoms with E-state index in [2.05, 4.69) is 110 Å². The molecule has 1 N–H and O–H groups in total. The zero-order valence-electron chi connectivity index (χ0n) is 27.6. The Morgan fingerprint density at radius 3 is 1.80 bits per heavy atom. The first kappa shape index (κ1) is 34.6. The molecule has 45 heavy (non-hydrogen) atoms. The number of aromatic nitrogens is 3. The number of benzene rings is 3. The van der Waals surface area contributed by atoms with E-state index in [0.717, 1.165) is 32.4 Å². The van der Waals surface area contributed by atoms with Gasteiger partial charge in [-0.25, -0.2) is 9.97 Å². The number of hydrogen-bond acceptors (Lipinski definition) is 5. The van der Waals surface area contributed by atoms with Gasteiger partial charge in [0.05, 0.1) is 16.3 Å². The van der Waals surface area contributed by atoms with E-state index in [1.165, 1.54) is 16.7 Å². The second kappa shape index (κ2) is 13.2. The van der Waals surface area contributed by atoms with E-state index in [-0.39, 0.29) is 43.1 Å². The van der Waals surface area contributed by atoms with Crippen molar-refractivity contribution in [2.45, 2.75) is 88.5 Å². The van der Waals surface area contributed by atoms with Crippen LogP contribution in [-0.4, -0.2) is 20.1 Å². The van der Waals surface area contributed by atoms with Crippen LogP contribution in [0.4, 0.5) is 0 Å². The summed E-state index contributed by atoms with van der Waals surface area (Å²) in [5.41, 5.74) is 7.54. The molecular formula is C39H42N3OPtS-. The minimum Gasteiger partial charge on any atom is -0.507 e. The molecule has 5 rings (SSSR count). The van der Waals surface area contributed by atoms with E-state index in [1.807, 2.05) is 42.6 Å². The maximum atomic E-state index is 10.8. The summed E-state index contributed by atoms with van der Waals surface area (Å²) in [5.74, 6) is 0.621. The summed E-state index contributed by atoms with van der Waals surface area (Å²) in [7, 11) is 0. The maximum absolute atomic E-state index is 10.8. The van der Waals surface area contributed by atoms with Crippen molar-refractivity contribution in [1.29, 1.82) is 0 Å². The molecule has 0 amide bonds. The van der Waals surface area contributed by atoms with Gasteiger partial charge < -0.3 is 5.11 Å². The van der Waals surface area contributed by atoms with Crippen molar-refractivity contribution < 1.29 is 26.2 Å². The Kier molecular flexibility index (Phi) is 10.2. The summed E-state index contributed by atoms with van der Waals surface area (Å²) in [4.78, 5) is 15.6. The molecule has 0 aliphatic rings. The minimum atomic E-state index is -0.0949. The molecule has 0 saturated carbocycles. The van der Waals surface area contributed by atoms with Gasteiger partial charge in [-0.2, -0.15) is 0 Å². The summed E-state index contributed by atoms with van der Waals surface area (Å²) < 4.78 is 0. The molecule has 0 unspecified atom stereocenters. The summed E-state index contributed by atoms with van der Waals surface area (Å²) in [6.07, 6.45) is 1.81. The number of para-hydroxylation sites is 1. The third-order valence-corrected chi connectivity index (χ3v) is 8.56. The molecule has 0 radical (unpaired) electrons. The average Bonchev–Trinajstić information content (AvgIpc) is 2.96. The second-order valence-electron chi connectivity index (χ2n) is 14.4. The van der Waals surface area contributed by atoms with Gasteiger partial charge in [-0.05, 0) is 69.5 Å². The number of phenolic OH excluding ortho intramolecular Hbond substituents is 1. The Morgan fingerprint density at radius 2 is 1.22 bits per heavy atom. The molecule has 0 saturated heterocycles. The van der Waals surface area contributed by atoms with Crippen molar-refractivity contribution in [3.63, 3.8) is 0 Å². The molecule has 236 valence electrons. The molecule has 0 atom stereocenters. The van der Waals surface area contributed by atoms with Crippen molar-refractivity contribution in [2.24, 2.45) is 0 Å². The fourth-order valence-electron chi connectivity index (χ4n) is 4.85. The predicted octanol–water partition coefficient (Wildman–Crippen LogP) is 10.4. The summed E-state index contributed by atoms with van der Waals surface area (Å²) >= 11 is 1.59. The predicted molar refractivity (Wildman–Crippen MR) is 183 cm³/mol. The molecule has 0 aliphatic carbocycles. The van der Waals surface area contributed by atoms with Crippen molar-refractivity contribution >= 4 is 11.8 Å². The van der Waals surface area contributed by atoms with Crippen LogP contribution >= 0.6 is 11.8 Å². The van der Waals surface area contributed by atoms with Crippen molar-refractivity contribution in [3.05, 3.63) is 108 Å². The van der Waals surface area contributed by atoms with E-state index >= 15 is 0 Å². The molecule has 5 aromatic rings. The molecule has 2 aromatic heterocycles. The Balaban J connectivity index is 0.00000461. The number of rotatable bonds is 5. The topological polar surface area (TPSA) is 58.9 Å². The van der Waals surface area contributed by atoms with Gasteiger partial charge in [-0.15, -0.1) is 29.3 Å². The van der Waals surface area contributed by atoms with Gasteiger partial charge in [-0.1, -0.05) is 109 Å². The van der Waals surface area contributed by atoms with E-state index in [1.54, 1.807) is 17.8 Å². The van der Waals surface area contributed by atoms with Crippen molar-refractivity contribution in [2.75, 3.05) is 0 Å². The molecule has 2 heterocycles. The van der Waals surface area contributed by atoms with Gasteiger partial charge in [0, 0.05) is 32.8 Å². The van der Waals surface area contributed by atoms with Crippen molar-refractivity contribution in [3.8, 4) is 39.7 Å². The first-order chi connectivity index (χ1) is 20.6. The van der Waals surface area contributed by atoms with Crippen LogP contribution < -0.4 is 0 Å². The molecule has 4 nitrogen and oxygen atoms in total. The fraction of sp³-hybridized carbons (Fsp3) is 0.308. The van der Waals surface area contributed by atoms with Crippen LogP contribution in [0.2, 0.25) is 0 Å². The summed E-state index contributed by atoms with van der Waals surface area (Å²) in [6, 6.07) is 30.1. The number of phenols is 1. The Hall–Kier alpha value is -3.27. The maximum Gasteiger partial charge on any atom is 0.154 e. The van der Waals surface area contributed by atoms with Crippen LogP contribution in [0.5, 0.6) is 5.75 Å². The smallest absolute Gasteiger partial charge is 0.154 e. The van der Waals surface area contributed by atoms with Gasteiger partial charge in [0.25, 0.3) is 0 Å². The third kappa shape index (κ3) is 8.31. The molecule has 0 spiro atoms. The van der Waals surface area contributed by atoms with Crippen LogP contribution in [0.25, 0.3) is 33.9 Å². The van der Waals surface area contributed by atoms with Crippen LogP contribution in [0.15, 0.2) is 95.0 Å². The average molecular weight is 796 g/mol. The Morgan fingerprint density at radius 1 is 0.644 bits per heavy atom. The van der Waals surface area contributed by atoms with Gasteiger partial charge in [0.1, 0.15) is 5.75 Å². The van der Waals surface area contributed by atoms with E-state index in [9.17, 15) is 5.11 Å². The van der Waals surface area contributed by atoms with Crippen LogP contribution in [0.3, 0.4) is 0 Å². The van der Waals surface area contributed by atoms with Gasteiger partial charge in [0.15, 0.2) is 5.82 Å². The quantitative estimate of drug-likeness (QED) is 0.180. The van der Waals surface area contributed by atoms with Gasteiger partial charge in [-0.3, -0.25) is 4.98 Å². The zero-order chi connectivity index (χ0) is 31.9. The minimum absolute atomic E-state index is 0. The standard InChI is InChI=1S/C39H42N3OS.Pt/c1-37(2,3)27-18-25(19-28(22-27)38(4,5)6)32-24-33(42-36(41-32)31-14-10-11-15-34(31)43)26-20-29(39(7,8)9)23-30(21-26)44-35-16-12-13-17-40-35;/h10-20,22-24,43H,1-9H3;/q-1;. The van der Waals surface area contributed by atoms with E-state index < -0.39 is 0 Å². The Bertz CT molecular complexity index is 1770. The van der Waals surface area contributed by atoms with E-state index in [4.69, 9.17) is 9.97 Å². The van der Waals surface area contributed by atoms with E-state index in [0.29, 0.717) is 11.4 Å². The number of aromatic hydroxyl groups is 1. The molecule has 0 fully saturated rings. The fourth-order valence-corrected chi connectivity index (χ4v) is 5.68. The molecule has 6 heteroatoms. The molecule has 0 aliphatic heterocycles. The zero-order valence-corrected chi connectivity index (χ0v) is 30.7.